The summed E-state index contributed by atoms with van der Waals surface area (Å²) in [5.74, 6) is -1.41. The molecule has 4 rings (SSSR count). The molecule has 1 unspecified atom stereocenters. The summed E-state index contributed by atoms with van der Waals surface area (Å²) in [5.41, 5.74) is 6.42. The number of nitrogens with one attached hydrogen (secondary N) is 1. The molecule has 36 heavy (non-hydrogen) atoms. The quantitative estimate of drug-likeness (QED) is 0.391. The van der Waals surface area contributed by atoms with Gasteiger partial charge in [-0.3, -0.25) is 10.2 Å². The number of carbonyl (C=O) groups excluding carboxylic acids is 1. The summed E-state index contributed by atoms with van der Waals surface area (Å²) in [4.78, 5) is 22.5. The van der Waals surface area contributed by atoms with E-state index in [1.54, 1.807) is 22.9 Å². The molecule has 2 aromatic carbocycles. The van der Waals surface area contributed by atoms with Crippen molar-refractivity contribution >= 4 is 46.7 Å². The van der Waals surface area contributed by atoms with Crippen LogP contribution in [-0.2, 0) is 4.79 Å². The first-order valence-electron chi connectivity index (χ1n) is 11.4. The standard InChI is InChI=1S/C22H21Cl3N4O.C3H6O3/c1-14-20(22(30)27-28-11-3-2-4-12-28)26-29(19-10-9-17(24)13-18(19)25)21(14)15-5-7-16(23)8-6-15;1-2(4)3(5)6/h5-10,13H,2-4,11-12H2,1H3,(H,27,30);2,4H,1H3,(H,5,6). The van der Waals surface area contributed by atoms with E-state index < -0.39 is 12.1 Å². The minimum atomic E-state index is -1.23. The number of hydrogen-bond donors (Lipinski definition) is 3. The van der Waals surface area contributed by atoms with Crippen molar-refractivity contribution in [3.8, 4) is 16.9 Å². The molecule has 0 spiro atoms. The van der Waals surface area contributed by atoms with Crippen molar-refractivity contribution in [1.82, 2.24) is 20.2 Å². The third kappa shape index (κ3) is 6.99. The molecular weight excluding hydrogens is 527 g/mol. The maximum absolute atomic E-state index is 13.1. The molecule has 8 nitrogen and oxygen atoms in total. The second-order valence-corrected chi connectivity index (χ2v) is 9.62. The van der Waals surface area contributed by atoms with Gasteiger partial charge in [-0.2, -0.15) is 5.10 Å². The summed E-state index contributed by atoms with van der Waals surface area (Å²) < 4.78 is 1.70. The minimum absolute atomic E-state index is 0.228. The van der Waals surface area contributed by atoms with Crippen molar-refractivity contribution in [2.45, 2.75) is 39.2 Å². The number of aliphatic hydroxyl groups is 1. The first-order chi connectivity index (χ1) is 17.1. The van der Waals surface area contributed by atoms with Crippen molar-refractivity contribution in [3.05, 3.63) is 68.8 Å². The fourth-order valence-electron chi connectivity index (χ4n) is 3.69. The fourth-order valence-corrected chi connectivity index (χ4v) is 4.30. The number of aromatic nitrogens is 2. The molecule has 1 aliphatic rings. The van der Waals surface area contributed by atoms with E-state index in [1.807, 2.05) is 36.2 Å². The van der Waals surface area contributed by atoms with Gasteiger partial charge >= 0.3 is 5.97 Å². The zero-order chi connectivity index (χ0) is 26.4. The Morgan fingerprint density at radius 3 is 2.14 bits per heavy atom. The van der Waals surface area contributed by atoms with E-state index in [0.29, 0.717) is 26.4 Å². The van der Waals surface area contributed by atoms with Crippen LogP contribution in [0, 0.1) is 6.92 Å². The number of piperidine rings is 1. The Bertz CT molecular complexity index is 1220. The number of hydrazine groups is 1. The monoisotopic (exact) mass is 552 g/mol. The van der Waals surface area contributed by atoms with Gasteiger partial charge in [-0.05, 0) is 57.0 Å². The number of hydrogen-bond acceptors (Lipinski definition) is 5. The van der Waals surface area contributed by atoms with Crippen molar-refractivity contribution in [2.24, 2.45) is 0 Å². The molecule has 1 saturated heterocycles. The summed E-state index contributed by atoms with van der Waals surface area (Å²) in [6.07, 6.45) is 2.11. The van der Waals surface area contributed by atoms with Crippen molar-refractivity contribution in [2.75, 3.05) is 13.1 Å². The Morgan fingerprint density at radius 2 is 1.58 bits per heavy atom. The van der Waals surface area contributed by atoms with Gasteiger partial charge in [0.25, 0.3) is 5.91 Å². The van der Waals surface area contributed by atoms with Crippen LogP contribution in [0.1, 0.15) is 42.2 Å². The Morgan fingerprint density at radius 1 is 1.00 bits per heavy atom. The summed E-state index contributed by atoms with van der Waals surface area (Å²) in [7, 11) is 0. The van der Waals surface area contributed by atoms with Crippen molar-refractivity contribution < 1.29 is 19.8 Å². The molecule has 0 radical (unpaired) electrons. The lowest BCUT2D eigenvalue weighted by Gasteiger charge is -2.26. The van der Waals surface area contributed by atoms with Crippen LogP contribution in [0.4, 0.5) is 0 Å². The average molecular weight is 554 g/mol. The van der Waals surface area contributed by atoms with Gasteiger partial charge in [0.1, 0.15) is 6.10 Å². The highest BCUT2D eigenvalue weighted by atomic mass is 35.5. The number of carboxylic acid groups (broad SMARTS) is 1. The molecule has 3 aromatic rings. The molecule has 0 saturated carbocycles. The molecule has 11 heteroatoms. The predicted octanol–water partition coefficient (Wildman–Crippen LogP) is 5.39. The summed E-state index contributed by atoms with van der Waals surface area (Å²) in [6.45, 7) is 4.78. The van der Waals surface area contributed by atoms with Crippen molar-refractivity contribution in [1.29, 1.82) is 0 Å². The third-order valence-electron chi connectivity index (χ3n) is 5.57. The number of aliphatic hydroxyl groups excluding tert-OH is 1. The highest BCUT2D eigenvalue weighted by Crippen LogP contribution is 2.33. The molecule has 192 valence electrons. The Kier molecular flexibility index (Phi) is 9.76. The number of halogens is 3. The van der Waals surface area contributed by atoms with Crippen LogP contribution in [-0.4, -0.2) is 56.1 Å². The lowest BCUT2D eigenvalue weighted by molar-refractivity contribution is -0.145. The fraction of sp³-hybridized carbons (Fsp3) is 0.320. The summed E-state index contributed by atoms with van der Waals surface area (Å²) >= 11 is 18.6. The molecule has 1 aromatic heterocycles. The second kappa shape index (κ2) is 12.6. The van der Waals surface area contributed by atoms with Crippen LogP contribution in [0.2, 0.25) is 15.1 Å². The van der Waals surface area contributed by atoms with Crippen LogP contribution >= 0.6 is 34.8 Å². The summed E-state index contributed by atoms with van der Waals surface area (Å²) in [6, 6.07) is 12.6. The molecule has 2 heterocycles. The van der Waals surface area contributed by atoms with Crippen LogP contribution < -0.4 is 5.43 Å². The molecule has 3 N–H and O–H groups in total. The SMILES string of the molecule is CC(O)C(=O)O.Cc1c(C(=O)NN2CCCCC2)nn(-c2ccc(Cl)cc2Cl)c1-c1ccc(Cl)cc1. The Hall–Kier alpha value is -2.62. The lowest BCUT2D eigenvalue weighted by atomic mass is 10.1. The van der Waals surface area contributed by atoms with Crippen LogP contribution in [0.3, 0.4) is 0 Å². The smallest absolute Gasteiger partial charge is 0.332 e. The van der Waals surface area contributed by atoms with Gasteiger partial charge in [0, 0.05) is 34.3 Å². The number of carbonyl (C=O) groups is 2. The first kappa shape index (κ1) is 28.0. The summed E-state index contributed by atoms with van der Waals surface area (Å²) in [5, 5.41) is 24.0. The molecule has 0 bridgehead atoms. The van der Waals surface area contributed by atoms with Crippen molar-refractivity contribution in [3.63, 3.8) is 0 Å². The molecular formula is C25H27Cl3N4O4. The zero-order valence-corrected chi connectivity index (χ0v) is 22.1. The number of nitrogens with zero attached hydrogens (tertiary/aromatic N) is 3. The molecule has 1 atom stereocenters. The van der Waals surface area contributed by atoms with Gasteiger partial charge in [0.15, 0.2) is 5.69 Å². The van der Waals surface area contributed by atoms with E-state index in [9.17, 15) is 9.59 Å². The normalized spacial score (nSPS) is 14.5. The maximum atomic E-state index is 13.1. The second-order valence-electron chi connectivity index (χ2n) is 8.34. The third-order valence-corrected chi connectivity index (χ3v) is 6.36. The van der Waals surface area contributed by atoms with E-state index in [4.69, 9.17) is 45.0 Å². The van der Waals surface area contributed by atoms with E-state index in [0.717, 1.165) is 42.8 Å². The van der Waals surface area contributed by atoms with E-state index in [2.05, 4.69) is 10.5 Å². The van der Waals surface area contributed by atoms with E-state index >= 15 is 0 Å². The van der Waals surface area contributed by atoms with Gasteiger partial charge < -0.3 is 10.2 Å². The van der Waals surface area contributed by atoms with E-state index in [-0.39, 0.29) is 5.91 Å². The zero-order valence-electron chi connectivity index (χ0n) is 19.8. The largest absolute Gasteiger partial charge is 0.479 e. The number of benzene rings is 2. The van der Waals surface area contributed by atoms with Crippen LogP contribution in [0.25, 0.3) is 16.9 Å². The predicted molar refractivity (Wildman–Crippen MR) is 141 cm³/mol. The van der Waals surface area contributed by atoms with E-state index in [1.165, 1.54) is 13.3 Å². The van der Waals surface area contributed by atoms with Crippen LogP contribution in [0.5, 0.6) is 0 Å². The number of carboxylic acids is 1. The average Bonchev–Trinajstić information content (AvgIpc) is 3.17. The van der Waals surface area contributed by atoms with Gasteiger partial charge in [-0.25, -0.2) is 14.5 Å². The van der Waals surface area contributed by atoms with Gasteiger partial charge in [0.05, 0.1) is 16.4 Å². The van der Waals surface area contributed by atoms with Gasteiger partial charge in [-0.15, -0.1) is 0 Å². The highest BCUT2D eigenvalue weighted by Gasteiger charge is 2.24. The number of aliphatic carboxylic acids is 1. The van der Waals surface area contributed by atoms with Gasteiger partial charge in [-0.1, -0.05) is 53.4 Å². The van der Waals surface area contributed by atoms with Crippen LogP contribution in [0.15, 0.2) is 42.5 Å². The Labute approximate surface area is 224 Å². The van der Waals surface area contributed by atoms with Gasteiger partial charge in [0.2, 0.25) is 0 Å². The maximum Gasteiger partial charge on any atom is 0.332 e. The highest BCUT2D eigenvalue weighted by molar-refractivity contribution is 6.35. The minimum Gasteiger partial charge on any atom is -0.479 e. The number of amides is 1. The Balaban J connectivity index is 0.000000538. The first-order valence-corrected chi connectivity index (χ1v) is 12.5. The molecule has 1 amide bonds. The molecule has 1 fully saturated rings. The molecule has 0 aliphatic carbocycles. The lowest BCUT2D eigenvalue weighted by Crippen LogP contribution is -2.45. The topological polar surface area (TPSA) is 108 Å². The molecule has 1 aliphatic heterocycles. The number of rotatable bonds is 5.